The second kappa shape index (κ2) is 19.9. The zero-order valence-electron chi connectivity index (χ0n) is 35.5. The first-order valence-corrected chi connectivity index (χ1v) is 26.9. The quantitative estimate of drug-likeness (QED) is 0.0414. The zero-order valence-corrected chi connectivity index (χ0v) is 37.5. The molecule has 0 aliphatic carbocycles. The van der Waals surface area contributed by atoms with Crippen LogP contribution in [0.2, 0.25) is 39.3 Å². The molecular formula is C48H44F4N6O3Si2. The van der Waals surface area contributed by atoms with Crippen LogP contribution in [0.15, 0.2) is 136 Å². The molecule has 6 aromatic rings. The van der Waals surface area contributed by atoms with E-state index in [0.29, 0.717) is 17.7 Å². The van der Waals surface area contributed by atoms with E-state index >= 15 is 0 Å². The number of pyridine rings is 2. The van der Waals surface area contributed by atoms with Gasteiger partial charge in [0.15, 0.2) is 22.3 Å². The topological polar surface area (TPSA) is 103 Å². The summed E-state index contributed by atoms with van der Waals surface area (Å²) in [5.41, 5.74) is 3.09. The number of nitrogens with zero attached hydrogens (tertiary/aromatic N) is 6. The van der Waals surface area contributed by atoms with Gasteiger partial charge in [-0.25, -0.2) is 18.7 Å². The fraction of sp³-hybridized carbons (Fsp3) is 0.208. The molecule has 0 N–H and O–H groups in total. The van der Waals surface area contributed by atoms with E-state index in [1.54, 1.807) is 0 Å². The lowest BCUT2D eigenvalue weighted by molar-refractivity contribution is 0.0849. The van der Waals surface area contributed by atoms with E-state index in [4.69, 9.17) is 16.0 Å². The average Bonchev–Trinajstić information content (AvgIpc) is 3.24. The third-order valence-corrected chi connectivity index (χ3v) is 11.0. The predicted molar refractivity (Wildman–Crippen MR) is 242 cm³/mol. The average molecular weight is 885 g/mol. The zero-order chi connectivity index (χ0) is 45.3. The summed E-state index contributed by atoms with van der Waals surface area (Å²) in [6, 6.07) is 32.7. The Hall–Kier alpha value is -6.86. The van der Waals surface area contributed by atoms with Crippen LogP contribution >= 0.6 is 0 Å². The summed E-state index contributed by atoms with van der Waals surface area (Å²) in [4.78, 5) is 22.8. The van der Waals surface area contributed by atoms with Gasteiger partial charge in [-0.1, -0.05) is 60.7 Å². The van der Waals surface area contributed by atoms with Crippen LogP contribution in [0.4, 0.5) is 17.6 Å². The molecule has 2 aliphatic heterocycles. The minimum absolute atomic E-state index is 0.000499. The Labute approximate surface area is 365 Å². The number of Topliss-reactive ketones (excluding diaryl/α,β-unsaturated/α-hetero) is 1. The molecule has 4 aromatic carbocycles. The Morgan fingerprint density at radius 1 is 0.603 bits per heavy atom. The fourth-order valence-corrected chi connectivity index (χ4v) is 7.28. The van der Waals surface area contributed by atoms with E-state index in [1.807, 2.05) is 60.7 Å². The number of benzene rings is 4. The molecule has 0 saturated carbocycles. The lowest BCUT2D eigenvalue weighted by Crippen LogP contribution is -2.21. The minimum atomic E-state index is -1.31. The van der Waals surface area contributed by atoms with Gasteiger partial charge in [-0.05, 0) is 86.8 Å². The molecule has 0 saturated heterocycles. The number of carbonyl (C=O) groups excluding carboxylic acids is 1. The molecule has 0 bridgehead atoms. The first kappa shape index (κ1) is 45.7. The van der Waals surface area contributed by atoms with Crippen LogP contribution in [0.3, 0.4) is 0 Å². The molecule has 63 heavy (non-hydrogen) atoms. The first-order chi connectivity index (χ1) is 30.0. The van der Waals surface area contributed by atoms with Crippen molar-refractivity contribution in [3.05, 3.63) is 179 Å². The summed E-state index contributed by atoms with van der Waals surface area (Å²) >= 11 is 0. The largest absolute Gasteiger partial charge is 0.485 e. The second-order valence-corrected chi connectivity index (χ2v) is 25.6. The number of fused-ring (bicyclic) bond motifs is 2. The molecule has 8 rings (SSSR count). The molecule has 15 heteroatoms. The van der Waals surface area contributed by atoms with Crippen molar-refractivity contribution in [2.24, 2.45) is 14.4 Å². The standard InChI is InChI=1S/C21H13F2N3O.C20H13F2NO2.C7H18N2Si2/c1-24-26-18-12-19(13-6-3-2-4-7-13)27-20-11-17(22)15(10-16(18)20)14-8-5-9-25-21(14)23;21-16-10-19-15(9-14(16)13-7-4-8-23-20(13)22)17(24)11-18(25-19)12-5-2-1-3-6-12;1-10(2,3)8-7-9-11(4,5)6/h2-11,19H,12H2;1-10,18H,11H2;1-6H3/b26-18-;;. The summed E-state index contributed by atoms with van der Waals surface area (Å²) in [5, 5.41) is 3.88. The Kier molecular flexibility index (Phi) is 14.4. The maximum Gasteiger partial charge on any atom is 0.220 e. The van der Waals surface area contributed by atoms with Crippen molar-refractivity contribution in [3.8, 4) is 33.8 Å². The Morgan fingerprint density at radius 3 is 1.49 bits per heavy atom. The maximum absolute atomic E-state index is 14.7. The van der Waals surface area contributed by atoms with E-state index in [0.717, 1.165) is 17.2 Å². The molecule has 9 nitrogen and oxygen atoms in total. The lowest BCUT2D eigenvalue weighted by Gasteiger charge is -2.27. The Morgan fingerprint density at radius 2 is 1.05 bits per heavy atom. The number of hydrogen-bond acceptors (Lipinski definition) is 8. The third kappa shape index (κ3) is 12.0. The van der Waals surface area contributed by atoms with Crippen LogP contribution in [0.5, 0.6) is 11.5 Å². The van der Waals surface area contributed by atoms with Gasteiger partial charge in [0.25, 0.3) is 0 Å². The normalized spacial score (nSPS) is 15.9. The lowest BCUT2D eigenvalue weighted by atomic mass is 9.93. The molecule has 2 aliphatic rings. The van der Waals surface area contributed by atoms with E-state index in [9.17, 15) is 22.4 Å². The number of aromatic nitrogens is 2. The highest BCUT2D eigenvalue weighted by atomic mass is 28.3. The van der Waals surface area contributed by atoms with Gasteiger partial charge in [0.1, 0.15) is 41.1 Å². The molecule has 0 amide bonds. The van der Waals surface area contributed by atoms with Crippen LogP contribution < -0.4 is 9.47 Å². The van der Waals surface area contributed by atoms with E-state index in [2.05, 4.69) is 74.6 Å². The summed E-state index contributed by atoms with van der Waals surface area (Å²) in [7, 11) is -2.63. The van der Waals surface area contributed by atoms with Crippen LogP contribution in [-0.2, 0) is 0 Å². The van der Waals surface area contributed by atoms with Gasteiger partial charge >= 0.3 is 0 Å². The van der Waals surface area contributed by atoms with Crippen LogP contribution in [-0.4, -0.2) is 43.9 Å². The van der Waals surface area contributed by atoms with Crippen LogP contribution in [0.25, 0.3) is 27.2 Å². The Bertz CT molecular complexity index is 2730. The molecule has 0 radical (unpaired) electrons. The van der Waals surface area contributed by atoms with Gasteiger partial charge in [0.05, 0.1) is 23.1 Å². The van der Waals surface area contributed by atoms with Crippen LogP contribution in [0, 0.1) is 30.1 Å². The third-order valence-electron chi connectivity index (χ3n) is 9.42. The minimum Gasteiger partial charge on any atom is -0.485 e. The van der Waals surface area contributed by atoms with E-state index in [1.165, 1.54) is 54.9 Å². The molecule has 2 unspecified atom stereocenters. The van der Waals surface area contributed by atoms with Crippen molar-refractivity contribution >= 4 is 34.0 Å². The van der Waals surface area contributed by atoms with Crippen molar-refractivity contribution in [2.45, 2.75) is 64.3 Å². The molecule has 2 atom stereocenters. The summed E-state index contributed by atoms with van der Waals surface area (Å²) in [5.74, 6) is -2.55. The first-order valence-electron chi connectivity index (χ1n) is 20.0. The summed E-state index contributed by atoms with van der Waals surface area (Å²) < 4.78 is 77.5. The van der Waals surface area contributed by atoms with Crippen molar-refractivity contribution in [2.75, 3.05) is 0 Å². The van der Waals surface area contributed by atoms with Crippen molar-refractivity contribution < 1.29 is 31.8 Å². The number of hydrogen-bond donors (Lipinski definition) is 0. The van der Waals surface area contributed by atoms with E-state index < -0.39 is 46.1 Å². The van der Waals surface area contributed by atoms with Crippen molar-refractivity contribution in [1.29, 1.82) is 0 Å². The molecule has 320 valence electrons. The highest BCUT2D eigenvalue weighted by Gasteiger charge is 2.31. The van der Waals surface area contributed by atoms with Gasteiger partial charge in [-0.2, -0.15) is 15.4 Å². The van der Waals surface area contributed by atoms with Gasteiger partial charge in [-0.15, -0.1) is 4.95 Å². The van der Waals surface area contributed by atoms with E-state index in [-0.39, 0.29) is 57.6 Å². The monoisotopic (exact) mass is 884 g/mol. The number of rotatable bonds is 6. The SMILES string of the molecule is C[Si](C)(C)N=C=N[Si](C)(C)C.O=C1CC(c2ccccc2)Oc2cc(F)c(-c3cccnc3F)cc21.[C-]#[N+]/N=C1/CC(c2ccccc2)Oc2cc(F)c(-c3cccnc3F)cc21. The van der Waals surface area contributed by atoms with Gasteiger partial charge in [0, 0.05) is 58.8 Å². The van der Waals surface area contributed by atoms with Crippen molar-refractivity contribution in [3.63, 3.8) is 0 Å². The fourth-order valence-electron chi connectivity index (χ4n) is 6.48. The highest BCUT2D eigenvalue weighted by Crippen LogP contribution is 2.41. The summed E-state index contributed by atoms with van der Waals surface area (Å²) in [6.07, 6.45) is 2.26. The summed E-state index contributed by atoms with van der Waals surface area (Å²) in [6.45, 7) is 20.2. The number of ether oxygens (including phenoxy) is 2. The predicted octanol–water partition coefficient (Wildman–Crippen LogP) is 12.7. The maximum atomic E-state index is 14.7. The molecular weight excluding hydrogens is 841 g/mol. The van der Waals surface area contributed by atoms with Gasteiger partial charge in [0.2, 0.25) is 11.9 Å². The second-order valence-electron chi connectivity index (χ2n) is 16.5. The van der Waals surface area contributed by atoms with Gasteiger partial charge < -0.3 is 9.47 Å². The smallest absolute Gasteiger partial charge is 0.220 e. The molecule has 0 spiro atoms. The van der Waals surface area contributed by atoms with Crippen molar-refractivity contribution in [1.82, 2.24) is 9.97 Å². The van der Waals surface area contributed by atoms with Gasteiger partial charge in [-0.3, -0.25) is 14.1 Å². The molecule has 4 heterocycles. The number of ketones is 1. The molecule has 0 fully saturated rings. The number of halogens is 4. The number of carbonyl (C=O) groups is 1. The molecule has 2 aromatic heterocycles. The van der Waals surface area contributed by atoms with Crippen LogP contribution in [0.1, 0.15) is 52.1 Å². The highest BCUT2D eigenvalue weighted by molar-refractivity contribution is 6.76. The Balaban J connectivity index is 0.000000171.